The Labute approximate surface area is 164 Å². The Kier molecular flexibility index (Phi) is 8.07. The van der Waals surface area contributed by atoms with Gasteiger partial charge < -0.3 is 10.1 Å². The molecule has 1 saturated carbocycles. The summed E-state index contributed by atoms with van der Waals surface area (Å²) in [5.74, 6) is -0.551. The number of hydrogen-bond donors (Lipinski definition) is 2. The van der Waals surface area contributed by atoms with Gasteiger partial charge in [0, 0.05) is 17.6 Å². The van der Waals surface area contributed by atoms with Crippen molar-refractivity contribution < 1.29 is 22.7 Å². The Morgan fingerprint density at radius 1 is 1.19 bits per heavy atom. The highest BCUT2D eigenvalue weighted by molar-refractivity contribution is 7.89. The first-order valence-electron chi connectivity index (χ1n) is 8.98. The Bertz CT molecular complexity index is 752. The van der Waals surface area contributed by atoms with Crippen LogP contribution < -0.4 is 10.0 Å². The molecular formula is C18H25ClN2O5S. The molecule has 1 aliphatic rings. The molecule has 0 saturated heterocycles. The van der Waals surface area contributed by atoms with Gasteiger partial charge in [-0.15, -0.1) is 0 Å². The van der Waals surface area contributed by atoms with Gasteiger partial charge in [-0.1, -0.05) is 31.4 Å². The van der Waals surface area contributed by atoms with Crippen LogP contribution in [0.25, 0.3) is 0 Å². The van der Waals surface area contributed by atoms with Crippen molar-refractivity contribution in [1.82, 2.24) is 10.0 Å². The number of sulfonamides is 1. The van der Waals surface area contributed by atoms with Crippen molar-refractivity contribution >= 4 is 33.5 Å². The van der Waals surface area contributed by atoms with E-state index in [1.807, 2.05) is 0 Å². The van der Waals surface area contributed by atoms with Gasteiger partial charge in [-0.3, -0.25) is 9.59 Å². The van der Waals surface area contributed by atoms with E-state index in [2.05, 4.69) is 17.0 Å². The molecule has 9 heteroatoms. The third-order valence-corrected chi connectivity index (χ3v) is 6.30. The van der Waals surface area contributed by atoms with Gasteiger partial charge in [-0.2, -0.15) is 0 Å². The predicted molar refractivity (Wildman–Crippen MR) is 102 cm³/mol. The first-order valence-corrected chi connectivity index (χ1v) is 10.8. The maximum Gasteiger partial charge on any atom is 0.307 e. The van der Waals surface area contributed by atoms with Gasteiger partial charge >= 0.3 is 5.97 Å². The van der Waals surface area contributed by atoms with E-state index in [1.165, 1.54) is 30.7 Å². The van der Waals surface area contributed by atoms with E-state index in [9.17, 15) is 18.0 Å². The van der Waals surface area contributed by atoms with Gasteiger partial charge in [0.2, 0.25) is 10.0 Å². The standard InChI is InChI=1S/C18H25ClN2O5S/c1-13-4-2-3-5-16(13)21-17(22)12-26-18(23)10-11-20-27(24,25)15-8-6-14(19)7-9-15/h6-9,13,16,20H,2-5,10-12H2,1H3,(H,21,22)/t13-,16-/m0/s1. The largest absolute Gasteiger partial charge is 0.456 e. The molecule has 2 rings (SSSR count). The van der Waals surface area contributed by atoms with Crippen LogP contribution in [0.4, 0.5) is 0 Å². The van der Waals surface area contributed by atoms with E-state index in [0.29, 0.717) is 10.9 Å². The maximum absolute atomic E-state index is 12.1. The third-order valence-electron chi connectivity index (χ3n) is 4.57. The summed E-state index contributed by atoms with van der Waals surface area (Å²) in [7, 11) is -3.73. The molecule has 150 valence electrons. The van der Waals surface area contributed by atoms with Crippen molar-refractivity contribution in [3.63, 3.8) is 0 Å². The van der Waals surface area contributed by atoms with Crippen molar-refractivity contribution in [2.75, 3.05) is 13.2 Å². The molecule has 0 spiro atoms. The minimum Gasteiger partial charge on any atom is -0.456 e. The second-order valence-corrected chi connectivity index (χ2v) is 8.90. The maximum atomic E-state index is 12.1. The van der Waals surface area contributed by atoms with Gasteiger partial charge in [-0.25, -0.2) is 13.1 Å². The smallest absolute Gasteiger partial charge is 0.307 e. The molecule has 0 bridgehead atoms. The number of esters is 1. The molecule has 0 aromatic heterocycles. The Morgan fingerprint density at radius 3 is 2.52 bits per heavy atom. The summed E-state index contributed by atoms with van der Waals surface area (Å²) in [6.07, 6.45) is 4.11. The van der Waals surface area contributed by atoms with Crippen LogP contribution in [0.2, 0.25) is 5.02 Å². The minimum atomic E-state index is -3.73. The molecule has 2 atom stereocenters. The van der Waals surface area contributed by atoms with Gasteiger partial charge in [0.15, 0.2) is 6.61 Å². The van der Waals surface area contributed by atoms with Crippen molar-refractivity contribution in [2.45, 2.75) is 50.0 Å². The van der Waals surface area contributed by atoms with Gasteiger partial charge in [0.05, 0.1) is 11.3 Å². The zero-order valence-corrected chi connectivity index (χ0v) is 16.8. The number of hydrogen-bond acceptors (Lipinski definition) is 5. The van der Waals surface area contributed by atoms with Crippen molar-refractivity contribution in [3.8, 4) is 0 Å². The van der Waals surface area contributed by atoms with Crippen LogP contribution in [-0.4, -0.2) is 39.5 Å². The van der Waals surface area contributed by atoms with Crippen LogP contribution >= 0.6 is 11.6 Å². The summed E-state index contributed by atoms with van der Waals surface area (Å²) < 4.78 is 31.4. The van der Waals surface area contributed by atoms with Crippen LogP contribution in [0.5, 0.6) is 0 Å². The van der Waals surface area contributed by atoms with E-state index < -0.39 is 16.0 Å². The zero-order valence-electron chi connectivity index (χ0n) is 15.2. The zero-order chi connectivity index (χ0) is 19.9. The fourth-order valence-corrected chi connectivity index (χ4v) is 4.14. The van der Waals surface area contributed by atoms with Gasteiger partial charge in [0.25, 0.3) is 5.91 Å². The summed E-state index contributed by atoms with van der Waals surface area (Å²) in [6, 6.07) is 5.81. The summed E-state index contributed by atoms with van der Waals surface area (Å²) >= 11 is 5.73. The van der Waals surface area contributed by atoms with E-state index in [0.717, 1.165) is 19.3 Å². The van der Waals surface area contributed by atoms with Gasteiger partial charge in [-0.05, 0) is 43.0 Å². The molecule has 2 N–H and O–H groups in total. The molecule has 0 aliphatic heterocycles. The number of ether oxygens (including phenoxy) is 1. The fourth-order valence-electron chi connectivity index (χ4n) is 2.98. The first kappa shape index (κ1) is 21.7. The number of rotatable bonds is 8. The molecule has 27 heavy (non-hydrogen) atoms. The van der Waals surface area contributed by atoms with Crippen molar-refractivity contribution in [1.29, 1.82) is 0 Å². The number of carbonyl (C=O) groups excluding carboxylic acids is 2. The Hall–Kier alpha value is -1.64. The van der Waals surface area contributed by atoms with Crippen LogP contribution in [0, 0.1) is 5.92 Å². The molecule has 1 aromatic carbocycles. The molecule has 0 radical (unpaired) electrons. The third kappa shape index (κ3) is 7.12. The highest BCUT2D eigenvalue weighted by Gasteiger charge is 2.23. The molecular weight excluding hydrogens is 392 g/mol. The SMILES string of the molecule is C[C@H]1CCCC[C@@H]1NC(=O)COC(=O)CCNS(=O)(=O)c1ccc(Cl)cc1. The topological polar surface area (TPSA) is 102 Å². The normalized spacial score (nSPS) is 20.1. The number of nitrogens with one attached hydrogen (secondary N) is 2. The lowest BCUT2D eigenvalue weighted by Crippen LogP contribution is -2.43. The summed E-state index contributed by atoms with van der Waals surface area (Å²) in [5.41, 5.74) is 0. The Balaban J connectivity index is 1.68. The quantitative estimate of drug-likeness (QED) is 0.633. The van der Waals surface area contributed by atoms with Crippen LogP contribution in [0.1, 0.15) is 39.0 Å². The first-order chi connectivity index (χ1) is 12.8. The number of benzene rings is 1. The molecule has 7 nitrogen and oxygen atoms in total. The van der Waals surface area contributed by atoms with E-state index in [4.69, 9.17) is 16.3 Å². The highest BCUT2D eigenvalue weighted by Crippen LogP contribution is 2.23. The van der Waals surface area contributed by atoms with E-state index in [1.54, 1.807) is 0 Å². The number of halogens is 1. The van der Waals surface area contributed by atoms with Crippen LogP contribution in [-0.2, 0) is 24.3 Å². The Morgan fingerprint density at radius 2 is 1.85 bits per heavy atom. The second kappa shape index (κ2) is 10.1. The summed E-state index contributed by atoms with van der Waals surface area (Å²) in [5, 5.41) is 3.32. The lowest BCUT2D eigenvalue weighted by atomic mass is 9.86. The van der Waals surface area contributed by atoms with Crippen LogP contribution in [0.3, 0.4) is 0 Å². The number of amides is 1. The summed E-state index contributed by atoms with van der Waals surface area (Å²) in [6.45, 7) is 1.62. The molecule has 0 unspecified atom stereocenters. The van der Waals surface area contributed by atoms with Crippen molar-refractivity contribution in [2.24, 2.45) is 5.92 Å². The fraction of sp³-hybridized carbons (Fsp3) is 0.556. The highest BCUT2D eigenvalue weighted by atomic mass is 35.5. The lowest BCUT2D eigenvalue weighted by Gasteiger charge is -2.29. The van der Waals surface area contributed by atoms with Crippen LogP contribution in [0.15, 0.2) is 29.2 Å². The molecule has 1 fully saturated rings. The van der Waals surface area contributed by atoms with E-state index in [-0.39, 0.29) is 36.4 Å². The molecule has 1 amide bonds. The predicted octanol–water partition coefficient (Wildman–Crippen LogP) is 2.25. The second-order valence-electron chi connectivity index (χ2n) is 6.70. The minimum absolute atomic E-state index is 0.0567. The molecule has 1 aliphatic carbocycles. The van der Waals surface area contributed by atoms with Gasteiger partial charge in [0.1, 0.15) is 0 Å². The van der Waals surface area contributed by atoms with E-state index >= 15 is 0 Å². The summed E-state index contributed by atoms with van der Waals surface area (Å²) in [4.78, 5) is 23.7. The molecule has 0 heterocycles. The average molecular weight is 417 g/mol. The monoisotopic (exact) mass is 416 g/mol. The lowest BCUT2D eigenvalue weighted by molar-refractivity contribution is -0.148. The average Bonchev–Trinajstić information content (AvgIpc) is 2.62. The van der Waals surface area contributed by atoms with Crippen molar-refractivity contribution in [3.05, 3.63) is 29.3 Å². The number of carbonyl (C=O) groups is 2. The molecule has 1 aromatic rings.